The number of carbonyl (C=O) groups excluding carboxylic acids is 1. The lowest BCUT2D eigenvalue weighted by atomic mass is 10.1. The topological polar surface area (TPSA) is 46.3 Å². The quantitative estimate of drug-likeness (QED) is 0.826. The largest absolute Gasteiger partial charge is 0.368 e. The summed E-state index contributed by atoms with van der Waals surface area (Å²) in [4.78, 5) is 13.7. The van der Waals surface area contributed by atoms with E-state index in [1.54, 1.807) is 0 Å². The number of hydrogen-bond acceptors (Lipinski definition) is 2. The molecule has 0 heterocycles. The van der Waals surface area contributed by atoms with Gasteiger partial charge in [0.15, 0.2) is 0 Å². The van der Waals surface area contributed by atoms with E-state index < -0.39 is 0 Å². The molecule has 0 aliphatic heterocycles. The second-order valence-electron chi connectivity index (χ2n) is 4.52. The van der Waals surface area contributed by atoms with Gasteiger partial charge in [0.2, 0.25) is 5.91 Å². The molecule has 0 aliphatic rings. The Kier molecular flexibility index (Phi) is 5.18. The molecule has 0 saturated heterocycles. The summed E-state index contributed by atoms with van der Waals surface area (Å²) in [5.74, 6) is -0.332. The number of hydrogen-bond donors (Lipinski definition) is 1. The van der Waals surface area contributed by atoms with Crippen molar-refractivity contribution in [2.75, 3.05) is 10.2 Å². The lowest BCUT2D eigenvalue weighted by Gasteiger charge is -2.30. The molecule has 1 atom stereocenters. The zero-order valence-electron chi connectivity index (χ0n) is 11.1. The average molecular weight is 333 g/mol. The minimum Gasteiger partial charge on any atom is -0.368 e. The van der Waals surface area contributed by atoms with E-state index in [-0.39, 0.29) is 11.9 Å². The molecule has 0 spiro atoms. The Bertz CT molecular complexity index is 545. The van der Waals surface area contributed by atoms with Crippen LogP contribution in [0.3, 0.4) is 0 Å². The van der Waals surface area contributed by atoms with Crippen LogP contribution in [0.5, 0.6) is 0 Å². The van der Waals surface area contributed by atoms with E-state index in [2.05, 4.69) is 15.9 Å². The molecule has 0 radical (unpaired) electrons. The van der Waals surface area contributed by atoms with Crippen molar-refractivity contribution in [1.29, 1.82) is 0 Å². The Hall–Kier alpha value is -1.81. The van der Waals surface area contributed by atoms with Gasteiger partial charge in [-0.15, -0.1) is 0 Å². The van der Waals surface area contributed by atoms with Crippen LogP contribution in [0.1, 0.15) is 5.56 Å². The van der Waals surface area contributed by atoms with Crippen molar-refractivity contribution in [2.24, 2.45) is 5.73 Å². The van der Waals surface area contributed by atoms with E-state index in [9.17, 15) is 4.79 Å². The third-order valence-corrected chi connectivity index (χ3v) is 3.75. The van der Waals surface area contributed by atoms with Crippen LogP contribution >= 0.6 is 15.9 Å². The summed E-state index contributed by atoms with van der Waals surface area (Å²) in [5, 5.41) is 0.504. The maximum atomic E-state index is 11.7. The van der Waals surface area contributed by atoms with Crippen LogP contribution in [0.25, 0.3) is 0 Å². The maximum Gasteiger partial charge on any atom is 0.241 e. The number of benzene rings is 2. The van der Waals surface area contributed by atoms with Crippen LogP contribution in [0.2, 0.25) is 0 Å². The fourth-order valence-corrected chi connectivity index (χ4v) is 2.76. The number of amides is 1. The van der Waals surface area contributed by atoms with Gasteiger partial charge < -0.3 is 10.6 Å². The van der Waals surface area contributed by atoms with Gasteiger partial charge in [0.05, 0.1) is 0 Å². The summed E-state index contributed by atoms with van der Waals surface area (Å²) in [7, 11) is 0. The van der Waals surface area contributed by atoms with Crippen LogP contribution < -0.4 is 10.6 Å². The molecule has 1 amide bonds. The zero-order chi connectivity index (χ0) is 14.4. The number of nitrogens with two attached hydrogens (primary N) is 1. The minimum atomic E-state index is -0.377. The lowest BCUT2D eigenvalue weighted by Crippen LogP contribution is -2.45. The molecule has 0 aromatic heterocycles. The predicted molar refractivity (Wildman–Crippen MR) is 85.8 cm³/mol. The molecule has 0 saturated carbocycles. The van der Waals surface area contributed by atoms with Gasteiger partial charge in [-0.3, -0.25) is 4.79 Å². The minimum absolute atomic E-state index is 0.332. The van der Waals surface area contributed by atoms with E-state index in [0.717, 1.165) is 11.3 Å². The maximum absolute atomic E-state index is 11.7. The third kappa shape index (κ3) is 3.61. The molecule has 0 fully saturated rings. The highest BCUT2D eigenvalue weighted by atomic mass is 79.9. The Labute approximate surface area is 127 Å². The Morgan fingerprint density at radius 1 is 1.05 bits per heavy atom. The number of anilines is 1. The smallest absolute Gasteiger partial charge is 0.241 e. The summed E-state index contributed by atoms with van der Waals surface area (Å²) >= 11 is 3.39. The van der Waals surface area contributed by atoms with Gasteiger partial charge >= 0.3 is 0 Å². The zero-order valence-corrected chi connectivity index (χ0v) is 12.7. The number of para-hydroxylation sites is 1. The van der Waals surface area contributed by atoms with Crippen LogP contribution in [0.4, 0.5) is 5.69 Å². The Morgan fingerprint density at radius 2 is 1.60 bits per heavy atom. The van der Waals surface area contributed by atoms with E-state index in [0.29, 0.717) is 11.9 Å². The molecule has 4 heteroatoms. The average Bonchev–Trinajstić information content (AvgIpc) is 2.48. The van der Waals surface area contributed by atoms with Crippen LogP contribution in [0, 0.1) is 0 Å². The first-order valence-electron chi connectivity index (χ1n) is 6.43. The monoisotopic (exact) mass is 332 g/mol. The van der Waals surface area contributed by atoms with Gasteiger partial charge in [-0.05, 0) is 17.7 Å². The number of nitrogens with zero attached hydrogens (tertiary/aromatic N) is 1. The number of alkyl halides is 1. The molecule has 0 unspecified atom stereocenters. The molecule has 104 valence electrons. The highest BCUT2D eigenvalue weighted by Crippen LogP contribution is 2.20. The summed E-state index contributed by atoms with van der Waals surface area (Å²) in [6.07, 6.45) is 0. The van der Waals surface area contributed by atoms with Crippen molar-refractivity contribution in [1.82, 2.24) is 0 Å². The Morgan fingerprint density at radius 3 is 2.10 bits per heavy atom. The van der Waals surface area contributed by atoms with Gasteiger partial charge in [0.1, 0.15) is 6.04 Å². The van der Waals surface area contributed by atoms with Crippen molar-refractivity contribution in [3.05, 3.63) is 66.2 Å². The van der Waals surface area contributed by atoms with Gasteiger partial charge in [0, 0.05) is 17.6 Å². The first-order valence-corrected chi connectivity index (χ1v) is 7.55. The Balaban J connectivity index is 2.31. The summed E-state index contributed by atoms with van der Waals surface area (Å²) in [6.45, 7) is 0.643. The SMILES string of the molecule is NC(=O)[C@H](CBr)N(Cc1ccccc1)c1ccccc1. The molecule has 2 aromatic rings. The summed E-state index contributed by atoms with van der Waals surface area (Å²) < 4.78 is 0. The summed E-state index contributed by atoms with van der Waals surface area (Å²) in [6, 6.07) is 19.5. The second-order valence-corrected chi connectivity index (χ2v) is 5.17. The summed E-state index contributed by atoms with van der Waals surface area (Å²) in [5.41, 5.74) is 7.66. The first kappa shape index (κ1) is 14.6. The number of halogens is 1. The van der Waals surface area contributed by atoms with Gasteiger partial charge in [-0.1, -0.05) is 64.5 Å². The van der Waals surface area contributed by atoms with Gasteiger partial charge in [-0.25, -0.2) is 0 Å². The fraction of sp³-hybridized carbons (Fsp3) is 0.188. The van der Waals surface area contributed by atoms with Crippen LogP contribution in [0.15, 0.2) is 60.7 Å². The second kappa shape index (κ2) is 7.10. The molecule has 2 rings (SSSR count). The highest BCUT2D eigenvalue weighted by Gasteiger charge is 2.23. The van der Waals surface area contributed by atoms with Gasteiger partial charge in [0.25, 0.3) is 0 Å². The third-order valence-electron chi connectivity index (χ3n) is 3.13. The molecule has 3 nitrogen and oxygen atoms in total. The molecular weight excluding hydrogens is 316 g/mol. The number of rotatable bonds is 6. The van der Waals surface area contributed by atoms with Crippen molar-refractivity contribution in [3.63, 3.8) is 0 Å². The predicted octanol–water partition coefficient (Wildman–Crippen LogP) is 2.94. The standard InChI is InChI=1S/C16H17BrN2O/c17-11-15(16(18)20)19(14-9-5-2-6-10-14)12-13-7-3-1-4-8-13/h1-10,15H,11-12H2,(H2,18,20)/t15-/m0/s1. The van der Waals surface area contributed by atoms with E-state index in [1.807, 2.05) is 65.6 Å². The van der Waals surface area contributed by atoms with Gasteiger partial charge in [-0.2, -0.15) is 0 Å². The van der Waals surface area contributed by atoms with Crippen LogP contribution in [-0.4, -0.2) is 17.3 Å². The molecule has 0 bridgehead atoms. The van der Waals surface area contributed by atoms with Crippen LogP contribution in [-0.2, 0) is 11.3 Å². The highest BCUT2D eigenvalue weighted by molar-refractivity contribution is 9.09. The van der Waals surface area contributed by atoms with Crippen molar-refractivity contribution in [3.8, 4) is 0 Å². The van der Waals surface area contributed by atoms with Crippen molar-refractivity contribution in [2.45, 2.75) is 12.6 Å². The molecule has 2 aromatic carbocycles. The van der Waals surface area contributed by atoms with Crippen molar-refractivity contribution >= 4 is 27.5 Å². The van der Waals surface area contributed by atoms with E-state index in [4.69, 9.17) is 5.73 Å². The molecular formula is C16H17BrN2O. The molecule has 2 N–H and O–H groups in total. The number of carbonyl (C=O) groups is 1. The normalized spacial score (nSPS) is 11.8. The fourth-order valence-electron chi connectivity index (χ4n) is 2.09. The molecule has 20 heavy (non-hydrogen) atoms. The van der Waals surface area contributed by atoms with E-state index >= 15 is 0 Å². The van der Waals surface area contributed by atoms with E-state index in [1.165, 1.54) is 0 Å². The lowest BCUT2D eigenvalue weighted by molar-refractivity contribution is -0.118. The first-order chi connectivity index (χ1) is 9.72. The number of primary amides is 1. The molecule has 0 aliphatic carbocycles. The van der Waals surface area contributed by atoms with Crippen molar-refractivity contribution < 1.29 is 4.79 Å².